The van der Waals surface area contributed by atoms with Crippen LogP contribution in [0.25, 0.3) is 0 Å². The lowest BCUT2D eigenvalue weighted by Gasteiger charge is -2.10. The Balaban J connectivity index is 2.26. The number of hydrogen-bond acceptors (Lipinski definition) is 5. The van der Waals surface area contributed by atoms with Crippen LogP contribution in [0.3, 0.4) is 0 Å². The summed E-state index contributed by atoms with van der Waals surface area (Å²) in [5.41, 5.74) is 0.857. The molecule has 0 bridgehead atoms. The standard InChI is InChI=1S/C12H14N2O3S2/c1-9-3-4-10(17-2)11(7-9)19(15,16)14-8-12-13-5-6-18-12/h3-7,14H,8H2,1-2H3. The minimum Gasteiger partial charge on any atom is -0.495 e. The molecule has 2 rings (SSSR count). The van der Waals surface area contributed by atoms with Crippen LogP contribution in [0.4, 0.5) is 0 Å². The number of nitrogens with zero attached hydrogens (tertiary/aromatic N) is 1. The van der Waals surface area contributed by atoms with Gasteiger partial charge in [-0.1, -0.05) is 6.07 Å². The van der Waals surface area contributed by atoms with Crippen LogP contribution in [0.15, 0.2) is 34.7 Å². The van der Waals surface area contributed by atoms with Crippen molar-refractivity contribution in [1.82, 2.24) is 9.71 Å². The Morgan fingerprint density at radius 3 is 2.84 bits per heavy atom. The van der Waals surface area contributed by atoms with Gasteiger partial charge in [0, 0.05) is 11.6 Å². The molecule has 0 amide bonds. The van der Waals surface area contributed by atoms with Gasteiger partial charge < -0.3 is 4.74 Å². The zero-order valence-electron chi connectivity index (χ0n) is 10.6. The first-order valence-electron chi connectivity index (χ1n) is 5.55. The molecule has 0 saturated carbocycles. The number of methoxy groups -OCH3 is 1. The van der Waals surface area contributed by atoms with Gasteiger partial charge in [-0.3, -0.25) is 0 Å². The summed E-state index contributed by atoms with van der Waals surface area (Å²) in [5, 5.41) is 2.52. The zero-order valence-corrected chi connectivity index (χ0v) is 12.2. The molecule has 7 heteroatoms. The van der Waals surface area contributed by atoms with Gasteiger partial charge in [0.25, 0.3) is 0 Å². The van der Waals surface area contributed by atoms with Crippen LogP contribution in [-0.4, -0.2) is 20.5 Å². The molecule has 0 radical (unpaired) electrons. The number of sulfonamides is 1. The van der Waals surface area contributed by atoms with Crippen molar-refractivity contribution in [2.45, 2.75) is 18.4 Å². The quantitative estimate of drug-likeness (QED) is 0.916. The average molecular weight is 298 g/mol. The summed E-state index contributed by atoms with van der Waals surface area (Å²) in [5.74, 6) is 0.331. The fraction of sp³-hybridized carbons (Fsp3) is 0.250. The van der Waals surface area contributed by atoms with Crippen LogP contribution >= 0.6 is 11.3 Å². The number of aryl methyl sites for hydroxylation is 1. The number of thiazole rings is 1. The highest BCUT2D eigenvalue weighted by molar-refractivity contribution is 7.89. The Kier molecular flexibility index (Phi) is 4.18. The first kappa shape index (κ1) is 14.0. The third-order valence-electron chi connectivity index (χ3n) is 2.51. The average Bonchev–Trinajstić information content (AvgIpc) is 2.89. The monoisotopic (exact) mass is 298 g/mol. The molecule has 0 saturated heterocycles. The maximum atomic E-state index is 12.2. The van der Waals surface area contributed by atoms with Crippen LogP contribution in [0, 0.1) is 6.92 Å². The summed E-state index contributed by atoms with van der Waals surface area (Å²) in [7, 11) is -2.16. The van der Waals surface area contributed by atoms with Crippen LogP contribution < -0.4 is 9.46 Å². The molecule has 0 aliphatic rings. The molecule has 1 N–H and O–H groups in total. The van der Waals surface area contributed by atoms with Gasteiger partial charge in [-0.25, -0.2) is 18.1 Å². The predicted octanol–water partition coefficient (Wildman–Crippen LogP) is 1.94. The van der Waals surface area contributed by atoms with Gasteiger partial charge in [0.05, 0.1) is 13.7 Å². The number of ether oxygens (including phenoxy) is 1. The molecule has 5 nitrogen and oxygen atoms in total. The highest BCUT2D eigenvalue weighted by Gasteiger charge is 2.19. The van der Waals surface area contributed by atoms with Crippen molar-refractivity contribution in [3.05, 3.63) is 40.3 Å². The number of aromatic nitrogens is 1. The largest absolute Gasteiger partial charge is 0.495 e. The third-order valence-corrected chi connectivity index (χ3v) is 4.71. The fourth-order valence-electron chi connectivity index (χ4n) is 1.57. The van der Waals surface area contributed by atoms with E-state index in [9.17, 15) is 8.42 Å². The lowest BCUT2D eigenvalue weighted by molar-refractivity contribution is 0.402. The Labute approximate surface area is 116 Å². The van der Waals surface area contributed by atoms with E-state index >= 15 is 0 Å². The predicted molar refractivity (Wildman–Crippen MR) is 73.9 cm³/mol. The van der Waals surface area contributed by atoms with Crippen LogP contribution in [0.5, 0.6) is 5.75 Å². The van der Waals surface area contributed by atoms with Gasteiger partial charge in [-0.2, -0.15) is 0 Å². The first-order chi connectivity index (χ1) is 9.03. The van der Waals surface area contributed by atoms with E-state index in [4.69, 9.17) is 4.74 Å². The molecule has 1 aromatic carbocycles. The topological polar surface area (TPSA) is 68.3 Å². The molecule has 0 aliphatic heterocycles. The van der Waals surface area contributed by atoms with Gasteiger partial charge in [-0.05, 0) is 24.6 Å². The van der Waals surface area contributed by atoms with E-state index in [2.05, 4.69) is 9.71 Å². The van der Waals surface area contributed by atoms with E-state index in [0.717, 1.165) is 10.6 Å². The van der Waals surface area contributed by atoms with E-state index in [-0.39, 0.29) is 11.4 Å². The van der Waals surface area contributed by atoms with E-state index in [1.807, 2.05) is 6.92 Å². The first-order valence-corrected chi connectivity index (χ1v) is 7.92. The van der Waals surface area contributed by atoms with Crippen molar-refractivity contribution in [1.29, 1.82) is 0 Å². The maximum absolute atomic E-state index is 12.2. The lowest BCUT2D eigenvalue weighted by Crippen LogP contribution is -2.23. The van der Waals surface area contributed by atoms with Gasteiger partial charge in [0.15, 0.2) is 0 Å². The molecule has 1 aromatic heterocycles. The molecule has 0 aliphatic carbocycles. The molecule has 102 valence electrons. The summed E-state index contributed by atoms with van der Waals surface area (Å²) < 4.78 is 32.1. The highest BCUT2D eigenvalue weighted by atomic mass is 32.2. The second-order valence-electron chi connectivity index (χ2n) is 3.90. The molecule has 19 heavy (non-hydrogen) atoms. The van der Waals surface area contributed by atoms with Crippen molar-refractivity contribution in [2.75, 3.05) is 7.11 Å². The molecule has 0 fully saturated rings. The fourth-order valence-corrected chi connectivity index (χ4v) is 3.46. The smallest absolute Gasteiger partial charge is 0.244 e. The van der Waals surface area contributed by atoms with E-state index in [1.165, 1.54) is 18.4 Å². The minimum absolute atomic E-state index is 0.145. The van der Waals surface area contributed by atoms with Gasteiger partial charge >= 0.3 is 0 Å². The SMILES string of the molecule is COc1ccc(C)cc1S(=O)(=O)NCc1nccs1. The van der Waals surface area contributed by atoms with Crippen molar-refractivity contribution in [3.8, 4) is 5.75 Å². The minimum atomic E-state index is -3.61. The molecule has 0 unspecified atom stereocenters. The van der Waals surface area contributed by atoms with E-state index in [0.29, 0.717) is 5.75 Å². The maximum Gasteiger partial charge on any atom is 0.244 e. The highest BCUT2D eigenvalue weighted by Crippen LogP contribution is 2.24. The molecule has 0 spiro atoms. The molecule has 1 heterocycles. The van der Waals surface area contributed by atoms with Gasteiger partial charge in [0.2, 0.25) is 10.0 Å². The van der Waals surface area contributed by atoms with Crippen molar-refractivity contribution in [3.63, 3.8) is 0 Å². The summed E-state index contributed by atoms with van der Waals surface area (Å²) in [4.78, 5) is 4.18. The van der Waals surface area contributed by atoms with Gasteiger partial charge in [-0.15, -0.1) is 11.3 Å². The Morgan fingerprint density at radius 2 is 2.21 bits per heavy atom. The Hall–Kier alpha value is -1.44. The van der Waals surface area contributed by atoms with E-state index in [1.54, 1.807) is 29.8 Å². The second kappa shape index (κ2) is 5.68. The zero-order chi connectivity index (χ0) is 13.9. The molecule has 0 atom stereocenters. The number of rotatable bonds is 5. The van der Waals surface area contributed by atoms with Crippen LogP contribution in [-0.2, 0) is 16.6 Å². The van der Waals surface area contributed by atoms with Crippen molar-refractivity contribution in [2.24, 2.45) is 0 Å². The van der Waals surface area contributed by atoms with Crippen LogP contribution in [0.1, 0.15) is 10.6 Å². The van der Waals surface area contributed by atoms with Gasteiger partial charge in [0.1, 0.15) is 15.7 Å². The third kappa shape index (κ3) is 3.31. The Morgan fingerprint density at radius 1 is 1.42 bits per heavy atom. The number of benzene rings is 1. The summed E-state index contributed by atoms with van der Waals surface area (Å²) >= 11 is 1.40. The molecular weight excluding hydrogens is 284 g/mol. The molecular formula is C12H14N2O3S2. The lowest BCUT2D eigenvalue weighted by atomic mass is 10.2. The summed E-state index contributed by atoms with van der Waals surface area (Å²) in [6.45, 7) is 2.01. The van der Waals surface area contributed by atoms with Crippen LogP contribution in [0.2, 0.25) is 0 Å². The number of nitrogens with one attached hydrogen (secondary N) is 1. The van der Waals surface area contributed by atoms with E-state index < -0.39 is 10.0 Å². The normalized spacial score (nSPS) is 11.5. The van der Waals surface area contributed by atoms with Crippen molar-refractivity contribution < 1.29 is 13.2 Å². The second-order valence-corrected chi connectivity index (χ2v) is 6.62. The van der Waals surface area contributed by atoms with Crippen molar-refractivity contribution >= 4 is 21.4 Å². The number of hydrogen-bond donors (Lipinski definition) is 1. The summed E-state index contributed by atoms with van der Waals surface area (Å²) in [6.07, 6.45) is 1.64. The Bertz CT molecular complexity index is 652. The summed E-state index contributed by atoms with van der Waals surface area (Å²) in [6, 6.07) is 5.04. The molecule has 2 aromatic rings.